The van der Waals surface area contributed by atoms with E-state index in [9.17, 15) is 4.79 Å². The summed E-state index contributed by atoms with van der Waals surface area (Å²) in [5, 5.41) is 3.70. The number of hydrogen-bond acceptors (Lipinski definition) is 3. The lowest BCUT2D eigenvalue weighted by molar-refractivity contribution is -0.119. The molecule has 2 heterocycles. The van der Waals surface area contributed by atoms with Crippen LogP contribution in [-0.4, -0.2) is 34.9 Å². The number of carbonyl (C=O) groups excluding carboxylic acids is 1. The van der Waals surface area contributed by atoms with Crippen molar-refractivity contribution in [2.45, 2.75) is 32.4 Å². The minimum Gasteiger partial charge on any atom is -0.354 e. The molecule has 0 radical (unpaired) electrons. The first-order valence-electron chi connectivity index (χ1n) is 6.23. The van der Waals surface area contributed by atoms with Gasteiger partial charge in [-0.3, -0.25) is 14.7 Å². The Kier molecular flexibility index (Phi) is 4.55. The van der Waals surface area contributed by atoms with Crippen LogP contribution < -0.4 is 5.32 Å². The molecule has 0 spiro atoms. The Labute approximate surface area is 112 Å². The Morgan fingerprint density at radius 3 is 2.89 bits per heavy atom. The largest absolute Gasteiger partial charge is 0.354 e. The molecule has 0 saturated carbocycles. The van der Waals surface area contributed by atoms with Gasteiger partial charge in [0.1, 0.15) is 0 Å². The van der Waals surface area contributed by atoms with Crippen LogP contribution in [0.15, 0.2) is 18.3 Å². The first-order chi connectivity index (χ1) is 8.63. The van der Waals surface area contributed by atoms with Crippen molar-refractivity contribution >= 4 is 17.5 Å². The number of amides is 1. The highest BCUT2D eigenvalue weighted by atomic mass is 35.5. The molecular weight excluding hydrogens is 250 g/mol. The molecule has 98 valence electrons. The second-order valence-corrected chi connectivity index (χ2v) is 5.15. The minimum atomic E-state index is 0.0601. The molecule has 4 nitrogen and oxygen atoms in total. The van der Waals surface area contributed by atoms with Crippen LogP contribution in [0.4, 0.5) is 0 Å². The van der Waals surface area contributed by atoms with E-state index in [1.54, 1.807) is 19.2 Å². The Morgan fingerprint density at radius 1 is 1.56 bits per heavy atom. The van der Waals surface area contributed by atoms with Crippen LogP contribution in [0.2, 0.25) is 5.02 Å². The molecule has 1 saturated heterocycles. The SMILES string of the molecule is CC(=O)NC1CCN(Cc2cc(Cl)ccn2)CC1. The van der Waals surface area contributed by atoms with Gasteiger partial charge in [0.05, 0.1) is 5.69 Å². The van der Waals surface area contributed by atoms with Crippen molar-refractivity contribution in [3.05, 3.63) is 29.0 Å². The Balaban J connectivity index is 1.81. The number of hydrogen-bond donors (Lipinski definition) is 1. The number of piperidine rings is 1. The molecule has 2 rings (SSSR count). The van der Waals surface area contributed by atoms with Gasteiger partial charge < -0.3 is 5.32 Å². The Hall–Kier alpha value is -1.13. The van der Waals surface area contributed by atoms with Gasteiger partial charge in [-0.2, -0.15) is 0 Å². The van der Waals surface area contributed by atoms with Gasteiger partial charge >= 0.3 is 0 Å². The third-order valence-electron chi connectivity index (χ3n) is 3.16. The molecule has 1 aliphatic rings. The van der Waals surface area contributed by atoms with Crippen LogP contribution in [-0.2, 0) is 11.3 Å². The Morgan fingerprint density at radius 2 is 2.28 bits per heavy atom. The first-order valence-corrected chi connectivity index (χ1v) is 6.61. The summed E-state index contributed by atoms with van der Waals surface area (Å²) in [6.45, 7) is 4.37. The molecule has 0 atom stereocenters. The smallest absolute Gasteiger partial charge is 0.217 e. The molecule has 1 aromatic heterocycles. The second-order valence-electron chi connectivity index (χ2n) is 4.72. The summed E-state index contributed by atoms with van der Waals surface area (Å²) in [4.78, 5) is 17.6. The fourth-order valence-corrected chi connectivity index (χ4v) is 2.47. The lowest BCUT2D eigenvalue weighted by Gasteiger charge is -2.31. The zero-order valence-corrected chi connectivity index (χ0v) is 11.3. The molecule has 1 fully saturated rings. The van der Waals surface area contributed by atoms with Crippen molar-refractivity contribution in [1.29, 1.82) is 0 Å². The van der Waals surface area contributed by atoms with Crippen molar-refractivity contribution in [1.82, 2.24) is 15.2 Å². The molecule has 0 aromatic carbocycles. The zero-order chi connectivity index (χ0) is 13.0. The average Bonchev–Trinajstić information content (AvgIpc) is 2.31. The number of nitrogens with zero attached hydrogens (tertiary/aromatic N) is 2. The lowest BCUT2D eigenvalue weighted by atomic mass is 10.0. The quantitative estimate of drug-likeness (QED) is 0.909. The zero-order valence-electron chi connectivity index (χ0n) is 10.5. The number of aromatic nitrogens is 1. The molecule has 1 amide bonds. The third-order valence-corrected chi connectivity index (χ3v) is 3.39. The molecule has 5 heteroatoms. The van der Waals surface area contributed by atoms with Crippen molar-refractivity contribution in [3.8, 4) is 0 Å². The molecule has 1 aromatic rings. The summed E-state index contributed by atoms with van der Waals surface area (Å²) >= 11 is 5.94. The predicted molar refractivity (Wildman–Crippen MR) is 71.4 cm³/mol. The van der Waals surface area contributed by atoms with E-state index in [4.69, 9.17) is 11.6 Å². The van der Waals surface area contributed by atoms with Gasteiger partial charge in [-0.15, -0.1) is 0 Å². The van der Waals surface area contributed by atoms with E-state index in [2.05, 4.69) is 15.2 Å². The van der Waals surface area contributed by atoms with E-state index in [1.165, 1.54) is 0 Å². The first kappa shape index (κ1) is 13.3. The topological polar surface area (TPSA) is 45.2 Å². The fourth-order valence-electron chi connectivity index (χ4n) is 2.29. The summed E-state index contributed by atoms with van der Waals surface area (Å²) in [6, 6.07) is 4.02. The highest BCUT2D eigenvalue weighted by Crippen LogP contribution is 2.15. The average molecular weight is 268 g/mol. The van der Waals surface area contributed by atoms with E-state index in [0.717, 1.165) is 43.2 Å². The molecule has 1 N–H and O–H groups in total. The van der Waals surface area contributed by atoms with Gasteiger partial charge in [0.15, 0.2) is 0 Å². The monoisotopic (exact) mass is 267 g/mol. The maximum absolute atomic E-state index is 11.0. The third kappa shape index (κ3) is 3.96. The van der Waals surface area contributed by atoms with Crippen molar-refractivity contribution < 1.29 is 4.79 Å². The van der Waals surface area contributed by atoms with Crippen LogP contribution in [0.1, 0.15) is 25.5 Å². The van der Waals surface area contributed by atoms with Crippen molar-refractivity contribution in [2.75, 3.05) is 13.1 Å². The second kappa shape index (κ2) is 6.16. The van der Waals surface area contributed by atoms with Crippen molar-refractivity contribution in [2.24, 2.45) is 0 Å². The van der Waals surface area contributed by atoms with Crippen LogP contribution in [0, 0.1) is 0 Å². The van der Waals surface area contributed by atoms with E-state index in [-0.39, 0.29) is 5.91 Å². The van der Waals surface area contributed by atoms with Gasteiger partial charge in [-0.25, -0.2) is 0 Å². The van der Waals surface area contributed by atoms with Crippen LogP contribution in [0.5, 0.6) is 0 Å². The van der Waals surface area contributed by atoms with E-state index < -0.39 is 0 Å². The number of rotatable bonds is 3. The molecule has 0 aliphatic carbocycles. The minimum absolute atomic E-state index is 0.0601. The molecule has 0 unspecified atom stereocenters. The highest BCUT2D eigenvalue weighted by molar-refractivity contribution is 6.30. The number of pyridine rings is 1. The number of carbonyl (C=O) groups is 1. The van der Waals surface area contributed by atoms with Crippen molar-refractivity contribution in [3.63, 3.8) is 0 Å². The van der Waals surface area contributed by atoms with Crippen LogP contribution >= 0.6 is 11.6 Å². The van der Waals surface area contributed by atoms with Gasteiger partial charge in [-0.1, -0.05) is 11.6 Å². The maximum atomic E-state index is 11.0. The maximum Gasteiger partial charge on any atom is 0.217 e. The Bertz CT molecular complexity index is 416. The van der Waals surface area contributed by atoms with Gasteiger partial charge in [0.2, 0.25) is 5.91 Å². The van der Waals surface area contributed by atoms with E-state index >= 15 is 0 Å². The van der Waals surface area contributed by atoms with E-state index in [1.807, 2.05) is 6.07 Å². The molecule has 0 bridgehead atoms. The fraction of sp³-hybridized carbons (Fsp3) is 0.538. The van der Waals surface area contributed by atoms with Gasteiger partial charge in [0.25, 0.3) is 0 Å². The standard InChI is InChI=1S/C13H18ClN3O/c1-10(18)16-12-3-6-17(7-4-12)9-13-8-11(14)2-5-15-13/h2,5,8,12H,3-4,6-7,9H2,1H3,(H,16,18). The number of halogens is 1. The summed E-state index contributed by atoms with van der Waals surface area (Å²) in [5.74, 6) is 0.0601. The van der Waals surface area contributed by atoms with E-state index in [0.29, 0.717) is 6.04 Å². The number of nitrogens with one attached hydrogen (secondary N) is 1. The van der Waals surface area contributed by atoms with Gasteiger partial charge in [0, 0.05) is 43.8 Å². The molecule has 1 aliphatic heterocycles. The molecule has 18 heavy (non-hydrogen) atoms. The normalized spacial score (nSPS) is 17.7. The summed E-state index contributed by atoms with van der Waals surface area (Å²) in [6.07, 6.45) is 3.74. The lowest BCUT2D eigenvalue weighted by Crippen LogP contribution is -2.43. The van der Waals surface area contributed by atoms with Crippen LogP contribution in [0.3, 0.4) is 0 Å². The molecular formula is C13H18ClN3O. The van der Waals surface area contributed by atoms with Gasteiger partial charge in [-0.05, 0) is 25.0 Å². The van der Waals surface area contributed by atoms with Crippen LogP contribution in [0.25, 0.3) is 0 Å². The predicted octanol–water partition coefficient (Wildman–Crippen LogP) is 1.84. The summed E-state index contributed by atoms with van der Waals surface area (Å²) in [5.41, 5.74) is 1.00. The highest BCUT2D eigenvalue weighted by Gasteiger charge is 2.19. The number of likely N-dealkylation sites (tertiary alicyclic amines) is 1. The summed E-state index contributed by atoms with van der Waals surface area (Å²) in [7, 11) is 0. The summed E-state index contributed by atoms with van der Waals surface area (Å²) < 4.78 is 0.